The smallest absolute Gasteiger partial charge is 0.193 e. The molecule has 0 aliphatic carbocycles. The van der Waals surface area contributed by atoms with Gasteiger partial charge >= 0.3 is 0 Å². The van der Waals surface area contributed by atoms with Crippen molar-refractivity contribution in [2.45, 2.75) is 13.3 Å². The van der Waals surface area contributed by atoms with Crippen molar-refractivity contribution in [1.82, 2.24) is 10.2 Å². The van der Waals surface area contributed by atoms with Crippen molar-refractivity contribution in [2.75, 3.05) is 44.8 Å². The van der Waals surface area contributed by atoms with E-state index in [0.29, 0.717) is 31.1 Å². The highest BCUT2D eigenvalue weighted by Gasteiger charge is 2.27. The van der Waals surface area contributed by atoms with Crippen LogP contribution in [0.15, 0.2) is 29.3 Å². The van der Waals surface area contributed by atoms with Crippen LogP contribution in [0.1, 0.15) is 13.3 Å². The molecular weight excluding hydrogens is 362 g/mol. The van der Waals surface area contributed by atoms with Crippen LogP contribution in [-0.4, -0.2) is 64.1 Å². The number of likely N-dealkylation sites (N-methyl/N-ethyl adjacent to an activating group) is 1. The van der Waals surface area contributed by atoms with Gasteiger partial charge in [0, 0.05) is 25.2 Å². The fourth-order valence-corrected chi connectivity index (χ4v) is 4.61. The Morgan fingerprint density at radius 3 is 2.72 bits per heavy atom. The number of nitrogens with zero attached hydrogens (tertiary/aromatic N) is 2. The third-order valence-electron chi connectivity index (χ3n) is 4.03. The van der Waals surface area contributed by atoms with Gasteiger partial charge in [0.1, 0.15) is 12.4 Å². The van der Waals surface area contributed by atoms with Crippen molar-refractivity contribution >= 4 is 27.4 Å². The standard InChI is InChI=1S/C17H26ClN3O3S/c1-3-19-17(20-12-14-8-11-25(22,23)13-14)21(2)9-10-24-16-6-4-15(18)5-7-16/h4-7,14H,3,8-13H2,1-2H3,(H,19,20). The molecule has 8 heteroatoms. The topological polar surface area (TPSA) is 71.0 Å². The number of hydrogen-bond donors (Lipinski definition) is 1. The molecule has 0 saturated carbocycles. The molecule has 0 spiro atoms. The zero-order chi connectivity index (χ0) is 18.3. The molecule has 0 radical (unpaired) electrons. The molecule has 1 aromatic rings. The molecule has 25 heavy (non-hydrogen) atoms. The van der Waals surface area contributed by atoms with Crippen molar-refractivity contribution < 1.29 is 13.2 Å². The average molecular weight is 388 g/mol. The number of sulfone groups is 1. The number of guanidine groups is 1. The Balaban J connectivity index is 1.83. The first-order valence-corrected chi connectivity index (χ1v) is 10.7. The molecule has 1 N–H and O–H groups in total. The van der Waals surface area contributed by atoms with E-state index in [1.165, 1.54) is 0 Å². The van der Waals surface area contributed by atoms with E-state index >= 15 is 0 Å². The highest BCUT2D eigenvalue weighted by Crippen LogP contribution is 2.18. The summed E-state index contributed by atoms with van der Waals surface area (Å²) < 4.78 is 28.8. The molecule has 1 heterocycles. The van der Waals surface area contributed by atoms with Crippen molar-refractivity contribution in [1.29, 1.82) is 0 Å². The van der Waals surface area contributed by atoms with Gasteiger partial charge in [-0.05, 0) is 43.5 Å². The normalized spacial score (nSPS) is 19.6. The van der Waals surface area contributed by atoms with Gasteiger partial charge in [-0.15, -0.1) is 0 Å². The minimum Gasteiger partial charge on any atom is -0.492 e. The first kappa shape index (κ1) is 19.8. The molecule has 2 rings (SSSR count). The lowest BCUT2D eigenvalue weighted by molar-refractivity contribution is 0.281. The number of benzene rings is 1. The van der Waals surface area contributed by atoms with Crippen LogP contribution in [0.4, 0.5) is 0 Å². The maximum Gasteiger partial charge on any atom is 0.193 e. The lowest BCUT2D eigenvalue weighted by Gasteiger charge is -2.22. The fourth-order valence-electron chi connectivity index (χ4n) is 2.64. The van der Waals surface area contributed by atoms with Gasteiger partial charge in [-0.25, -0.2) is 8.42 Å². The van der Waals surface area contributed by atoms with E-state index in [-0.39, 0.29) is 17.4 Å². The Morgan fingerprint density at radius 2 is 2.12 bits per heavy atom. The van der Waals surface area contributed by atoms with Crippen molar-refractivity contribution in [2.24, 2.45) is 10.9 Å². The Morgan fingerprint density at radius 1 is 1.40 bits per heavy atom. The zero-order valence-corrected chi connectivity index (χ0v) is 16.3. The molecule has 0 aromatic heterocycles. The molecule has 1 aliphatic heterocycles. The molecule has 0 bridgehead atoms. The largest absolute Gasteiger partial charge is 0.492 e. The molecule has 6 nitrogen and oxygen atoms in total. The van der Waals surface area contributed by atoms with E-state index in [9.17, 15) is 8.42 Å². The lowest BCUT2D eigenvalue weighted by Crippen LogP contribution is -2.41. The monoisotopic (exact) mass is 387 g/mol. The van der Waals surface area contributed by atoms with Crippen LogP contribution < -0.4 is 10.1 Å². The van der Waals surface area contributed by atoms with Gasteiger partial charge in [-0.1, -0.05) is 11.6 Å². The predicted molar refractivity (Wildman–Crippen MR) is 102 cm³/mol. The van der Waals surface area contributed by atoms with E-state index in [0.717, 1.165) is 18.3 Å². The Kier molecular flexibility index (Phi) is 7.38. The number of halogens is 1. The summed E-state index contributed by atoms with van der Waals surface area (Å²) in [5.41, 5.74) is 0. The highest BCUT2D eigenvalue weighted by molar-refractivity contribution is 7.91. The van der Waals surface area contributed by atoms with Gasteiger partial charge in [-0.2, -0.15) is 0 Å². The third kappa shape index (κ3) is 6.74. The summed E-state index contributed by atoms with van der Waals surface area (Å²) in [5, 5.41) is 3.92. The van der Waals surface area contributed by atoms with Gasteiger partial charge in [0.05, 0.1) is 18.1 Å². The first-order valence-electron chi connectivity index (χ1n) is 8.48. The van der Waals surface area contributed by atoms with Gasteiger partial charge in [-0.3, -0.25) is 4.99 Å². The second-order valence-corrected chi connectivity index (χ2v) is 8.85. The Labute approximate surface area is 155 Å². The van der Waals surface area contributed by atoms with Crippen molar-refractivity contribution in [3.05, 3.63) is 29.3 Å². The summed E-state index contributed by atoms with van der Waals surface area (Å²) in [6.45, 7) is 4.47. The molecule has 1 aliphatic rings. The quantitative estimate of drug-likeness (QED) is 0.572. The van der Waals surface area contributed by atoms with Crippen molar-refractivity contribution in [3.63, 3.8) is 0 Å². The highest BCUT2D eigenvalue weighted by atomic mass is 35.5. The molecule has 1 saturated heterocycles. The molecular formula is C17H26ClN3O3S. The summed E-state index contributed by atoms with van der Waals surface area (Å²) in [7, 11) is -0.914. The second-order valence-electron chi connectivity index (χ2n) is 6.19. The number of aliphatic imine (C=N–C) groups is 1. The summed E-state index contributed by atoms with van der Waals surface area (Å²) in [6, 6.07) is 7.26. The Hall–Kier alpha value is -1.47. The van der Waals surface area contributed by atoms with E-state index < -0.39 is 9.84 Å². The molecule has 0 amide bonds. The minimum atomic E-state index is -2.86. The van der Waals surface area contributed by atoms with Gasteiger partial charge < -0.3 is 15.0 Å². The van der Waals surface area contributed by atoms with Crippen LogP contribution in [0.3, 0.4) is 0 Å². The third-order valence-corrected chi connectivity index (χ3v) is 6.12. The van der Waals surface area contributed by atoms with Crippen LogP contribution in [0.5, 0.6) is 5.75 Å². The average Bonchev–Trinajstić information content (AvgIpc) is 2.92. The molecule has 1 aromatic carbocycles. The summed E-state index contributed by atoms with van der Waals surface area (Å²) >= 11 is 5.85. The maximum atomic E-state index is 11.5. The number of nitrogens with one attached hydrogen (secondary N) is 1. The zero-order valence-electron chi connectivity index (χ0n) is 14.7. The molecule has 1 unspecified atom stereocenters. The summed E-state index contributed by atoms with van der Waals surface area (Å²) in [4.78, 5) is 6.58. The van der Waals surface area contributed by atoms with E-state index in [2.05, 4.69) is 10.3 Å². The second kappa shape index (κ2) is 9.29. The number of ether oxygens (including phenoxy) is 1. The van der Waals surface area contributed by atoms with E-state index in [1.807, 2.05) is 31.0 Å². The maximum absolute atomic E-state index is 11.5. The molecule has 1 atom stereocenters. The van der Waals surface area contributed by atoms with Crippen LogP contribution in [-0.2, 0) is 9.84 Å². The number of hydrogen-bond acceptors (Lipinski definition) is 4. The summed E-state index contributed by atoms with van der Waals surface area (Å²) in [6.07, 6.45) is 0.703. The summed E-state index contributed by atoms with van der Waals surface area (Å²) in [5.74, 6) is 2.20. The minimum absolute atomic E-state index is 0.123. The van der Waals surface area contributed by atoms with Crippen LogP contribution in [0, 0.1) is 5.92 Å². The first-order chi connectivity index (χ1) is 11.9. The van der Waals surface area contributed by atoms with E-state index in [1.54, 1.807) is 12.1 Å². The van der Waals surface area contributed by atoms with Gasteiger partial charge in [0.15, 0.2) is 15.8 Å². The predicted octanol–water partition coefficient (Wildman–Crippen LogP) is 2.05. The van der Waals surface area contributed by atoms with Gasteiger partial charge in [0.2, 0.25) is 0 Å². The molecule has 140 valence electrons. The number of rotatable bonds is 7. The van der Waals surface area contributed by atoms with Gasteiger partial charge in [0.25, 0.3) is 0 Å². The SMILES string of the molecule is CCNC(=NCC1CCS(=O)(=O)C1)N(C)CCOc1ccc(Cl)cc1. The fraction of sp³-hybridized carbons (Fsp3) is 0.588. The molecule has 1 fully saturated rings. The van der Waals surface area contributed by atoms with Crippen molar-refractivity contribution in [3.8, 4) is 5.75 Å². The van der Waals surface area contributed by atoms with Crippen LogP contribution in [0.2, 0.25) is 5.02 Å². The van der Waals surface area contributed by atoms with Crippen LogP contribution in [0.25, 0.3) is 0 Å². The van der Waals surface area contributed by atoms with Crippen LogP contribution >= 0.6 is 11.6 Å². The van der Waals surface area contributed by atoms with E-state index in [4.69, 9.17) is 16.3 Å². The Bertz CT molecular complexity index is 677. The lowest BCUT2D eigenvalue weighted by atomic mass is 10.1.